The van der Waals surface area contributed by atoms with E-state index in [1.54, 1.807) is 40.0 Å². The molecule has 29 heavy (non-hydrogen) atoms. The fourth-order valence-corrected chi connectivity index (χ4v) is 3.19. The van der Waals surface area contributed by atoms with Crippen molar-refractivity contribution in [2.75, 3.05) is 18.6 Å². The average Bonchev–Trinajstić information content (AvgIpc) is 2.87. The minimum Gasteiger partial charge on any atom is -0.444 e. The van der Waals surface area contributed by atoms with E-state index in [9.17, 15) is 9.59 Å². The molecular weight excluding hydrogens is 368 g/mol. The molecule has 1 atom stereocenters. The van der Waals surface area contributed by atoms with Crippen molar-refractivity contribution in [3.8, 4) is 0 Å². The van der Waals surface area contributed by atoms with Gasteiger partial charge in [-0.15, -0.1) is 0 Å². The van der Waals surface area contributed by atoms with Crippen LogP contribution >= 0.6 is 0 Å². The van der Waals surface area contributed by atoms with Crippen LogP contribution in [0.15, 0.2) is 60.7 Å². The summed E-state index contributed by atoms with van der Waals surface area (Å²) in [5, 5.41) is 2.68. The van der Waals surface area contributed by atoms with E-state index in [1.807, 2.05) is 54.6 Å². The van der Waals surface area contributed by atoms with Gasteiger partial charge in [0.2, 0.25) is 0 Å². The third-order valence-corrected chi connectivity index (χ3v) is 4.43. The molecule has 0 aromatic heterocycles. The molecule has 152 valence electrons. The number of likely N-dealkylation sites (N-methyl/N-ethyl adjacent to an activating group) is 1. The topological polar surface area (TPSA) is 67.9 Å². The lowest BCUT2D eigenvalue weighted by molar-refractivity contribution is -0.146. The van der Waals surface area contributed by atoms with E-state index < -0.39 is 17.4 Å². The van der Waals surface area contributed by atoms with E-state index in [0.717, 1.165) is 5.56 Å². The van der Waals surface area contributed by atoms with Gasteiger partial charge >= 0.3 is 6.09 Å². The van der Waals surface area contributed by atoms with Crippen molar-refractivity contribution in [3.05, 3.63) is 71.8 Å². The summed E-state index contributed by atoms with van der Waals surface area (Å²) in [6.07, 6.45) is 2.99. The van der Waals surface area contributed by atoms with E-state index >= 15 is 0 Å². The van der Waals surface area contributed by atoms with Crippen LogP contribution < -0.4 is 10.2 Å². The molecule has 1 heterocycles. The lowest BCUT2D eigenvalue weighted by atomic mass is 10.0. The fourth-order valence-electron chi connectivity index (χ4n) is 3.19. The summed E-state index contributed by atoms with van der Waals surface area (Å²) < 4.78 is 11.4. The van der Waals surface area contributed by atoms with Crippen molar-refractivity contribution in [3.63, 3.8) is 0 Å². The van der Waals surface area contributed by atoms with Crippen LogP contribution in [0.3, 0.4) is 0 Å². The average molecular weight is 394 g/mol. The molecule has 0 fully saturated rings. The van der Waals surface area contributed by atoms with Gasteiger partial charge in [0, 0.05) is 12.6 Å². The van der Waals surface area contributed by atoms with Crippen LogP contribution in [0.2, 0.25) is 0 Å². The summed E-state index contributed by atoms with van der Waals surface area (Å²) in [7, 11) is 1.66. The van der Waals surface area contributed by atoms with Crippen LogP contribution in [-0.4, -0.2) is 31.3 Å². The van der Waals surface area contributed by atoms with E-state index in [4.69, 9.17) is 9.47 Å². The standard InChI is InChI=1S/C23H26N2O4/c1-22(2,3)29-21(27)24-23(28-16-10-13-17-11-6-5-7-12-17)18-14-8-9-15-19(18)25(4)20(23)26/h5-15H,16H2,1-4H3,(H,24,27)/b13-10+/t23-/m1/s1. The Morgan fingerprint density at radius 2 is 1.76 bits per heavy atom. The monoisotopic (exact) mass is 394 g/mol. The minimum atomic E-state index is -1.64. The Bertz CT molecular complexity index is 918. The van der Waals surface area contributed by atoms with Gasteiger partial charge in [-0.05, 0) is 32.4 Å². The number of amides is 2. The van der Waals surface area contributed by atoms with Gasteiger partial charge in [-0.1, -0.05) is 60.7 Å². The molecule has 0 saturated carbocycles. The van der Waals surface area contributed by atoms with Crippen molar-refractivity contribution >= 4 is 23.8 Å². The number of ether oxygens (including phenoxy) is 2. The van der Waals surface area contributed by atoms with Crippen LogP contribution in [0.1, 0.15) is 31.9 Å². The Morgan fingerprint density at radius 1 is 1.10 bits per heavy atom. The highest BCUT2D eigenvalue weighted by Crippen LogP contribution is 2.40. The van der Waals surface area contributed by atoms with E-state index in [0.29, 0.717) is 11.3 Å². The molecule has 3 rings (SSSR count). The van der Waals surface area contributed by atoms with Gasteiger partial charge in [-0.2, -0.15) is 0 Å². The Kier molecular flexibility index (Phi) is 5.75. The maximum absolute atomic E-state index is 13.2. The van der Waals surface area contributed by atoms with Crippen molar-refractivity contribution in [1.29, 1.82) is 0 Å². The maximum Gasteiger partial charge on any atom is 0.410 e. The molecule has 2 aromatic carbocycles. The van der Waals surface area contributed by atoms with Crippen LogP contribution in [0.4, 0.5) is 10.5 Å². The van der Waals surface area contributed by atoms with Gasteiger partial charge < -0.3 is 14.4 Å². The van der Waals surface area contributed by atoms with Gasteiger partial charge in [-0.3, -0.25) is 10.1 Å². The molecule has 1 N–H and O–H groups in total. The zero-order valence-corrected chi connectivity index (χ0v) is 17.1. The summed E-state index contributed by atoms with van der Waals surface area (Å²) in [6.45, 7) is 5.41. The molecule has 1 aliphatic heterocycles. The Hall–Kier alpha value is -3.12. The largest absolute Gasteiger partial charge is 0.444 e. The molecule has 0 saturated heterocycles. The number of rotatable bonds is 5. The van der Waals surface area contributed by atoms with Crippen molar-refractivity contribution < 1.29 is 19.1 Å². The van der Waals surface area contributed by atoms with Crippen LogP contribution in [-0.2, 0) is 20.0 Å². The number of nitrogens with one attached hydrogen (secondary N) is 1. The molecule has 0 radical (unpaired) electrons. The zero-order chi connectivity index (χ0) is 21.1. The number of anilines is 1. The lowest BCUT2D eigenvalue weighted by Crippen LogP contribution is -2.55. The van der Waals surface area contributed by atoms with Crippen LogP contribution in [0, 0.1) is 0 Å². The SMILES string of the molecule is CN1C(=O)[C@](NC(=O)OC(C)(C)C)(OC/C=C/c2ccccc2)c2ccccc21. The molecule has 6 nitrogen and oxygen atoms in total. The first-order valence-corrected chi connectivity index (χ1v) is 9.47. The number of nitrogens with zero attached hydrogens (tertiary/aromatic N) is 1. The number of hydrogen-bond acceptors (Lipinski definition) is 4. The Balaban J connectivity index is 1.87. The van der Waals surface area contributed by atoms with E-state index in [1.165, 1.54) is 4.90 Å². The number of para-hydroxylation sites is 1. The minimum absolute atomic E-state index is 0.124. The molecular formula is C23H26N2O4. The summed E-state index contributed by atoms with van der Waals surface area (Å²) >= 11 is 0. The summed E-state index contributed by atoms with van der Waals surface area (Å²) in [6, 6.07) is 17.0. The number of carbonyl (C=O) groups is 2. The van der Waals surface area contributed by atoms with E-state index in [2.05, 4.69) is 5.32 Å². The van der Waals surface area contributed by atoms with Gasteiger partial charge in [0.05, 0.1) is 12.3 Å². The smallest absolute Gasteiger partial charge is 0.410 e. The molecule has 2 amide bonds. The fraction of sp³-hybridized carbons (Fsp3) is 0.304. The van der Waals surface area contributed by atoms with E-state index in [-0.39, 0.29) is 12.5 Å². The van der Waals surface area contributed by atoms with Crippen molar-refractivity contribution in [2.45, 2.75) is 32.1 Å². The summed E-state index contributed by atoms with van der Waals surface area (Å²) in [5.41, 5.74) is -0.0760. The second kappa shape index (κ2) is 8.09. The molecule has 6 heteroatoms. The number of hydrogen-bond donors (Lipinski definition) is 1. The number of benzene rings is 2. The summed E-state index contributed by atoms with van der Waals surface area (Å²) in [5.74, 6) is -0.377. The first-order valence-electron chi connectivity index (χ1n) is 9.47. The van der Waals surface area contributed by atoms with Gasteiger partial charge in [0.25, 0.3) is 11.6 Å². The predicted molar refractivity (Wildman–Crippen MR) is 112 cm³/mol. The van der Waals surface area contributed by atoms with Gasteiger partial charge in [0.15, 0.2) is 0 Å². The quantitative estimate of drug-likeness (QED) is 0.777. The first kappa shape index (κ1) is 20.6. The predicted octanol–water partition coefficient (Wildman–Crippen LogP) is 4.07. The number of fused-ring (bicyclic) bond motifs is 1. The highest BCUT2D eigenvalue weighted by atomic mass is 16.6. The normalized spacial score (nSPS) is 18.8. The lowest BCUT2D eigenvalue weighted by Gasteiger charge is -2.30. The second-order valence-electron chi connectivity index (χ2n) is 7.81. The third kappa shape index (κ3) is 4.49. The summed E-state index contributed by atoms with van der Waals surface area (Å²) in [4.78, 5) is 27.2. The van der Waals surface area contributed by atoms with Crippen molar-refractivity contribution in [2.24, 2.45) is 0 Å². The third-order valence-electron chi connectivity index (χ3n) is 4.43. The molecule has 0 aliphatic carbocycles. The maximum atomic E-state index is 13.2. The Labute approximate surface area is 171 Å². The first-order chi connectivity index (χ1) is 13.7. The molecule has 0 spiro atoms. The second-order valence-corrected chi connectivity index (χ2v) is 7.81. The zero-order valence-electron chi connectivity index (χ0n) is 17.1. The Morgan fingerprint density at radius 3 is 2.45 bits per heavy atom. The van der Waals surface area contributed by atoms with Crippen LogP contribution in [0.5, 0.6) is 0 Å². The van der Waals surface area contributed by atoms with Gasteiger partial charge in [-0.25, -0.2) is 4.79 Å². The van der Waals surface area contributed by atoms with Crippen molar-refractivity contribution in [1.82, 2.24) is 5.32 Å². The molecule has 0 unspecified atom stereocenters. The van der Waals surface area contributed by atoms with Gasteiger partial charge in [0.1, 0.15) is 5.60 Å². The highest BCUT2D eigenvalue weighted by Gasteiger charge is 2.53. The molecule has 2 aromatic rings. The number of alkyl carbamates (subject to hydrolysis) is 1. The number of carbonyl (C=O) groups excluding carboxylic acids is 2. The molecule has 1 aliphatic rings. The highest BCUT2D eigenvalue weighted by molar-refractivity contribution is 6.07. The molecule has 0 bridgehead atoms. The van der Waals surface area contributed by atoms with Crippen LogP contribution in [0.25, 0.3) is 6.08 Å².